The van der Waals surface area contributed by atoms with E-state index >= 15 is 0 Å². The highest BCUT2D eigenvalue weighted by molar-refractivity contribution is 9.10. The summed E-state index contributed by atoms with van der Waals surface area (Å²) < 4.78 is 28.1. The van der Waals surface area contributed by atoms with Crippen LogP contribution < -0.4 is 0 Å². The third kappa shape index (κ3) is 5.05. The predicted molar refractivity (Wildman–Crippen MR) is 80.6 cm³/mol. The largest absolute Gasteiger partial charge is 0.385 e. The highest BCUT2D eigenvalue weighted by Gasteiger charge is 2.17. The molecule has 1 rings (SSSR count). The van der Waals surface area contributed by atoms with Gasteiger partial charge in [-0.15, -0.1) is 0 Å². The van der Waals surface area contributed by atoms with E-state index in [1.54, 1.807) is 20.2 Å². The number of hydrogen-bond acceptors (Lipinski definition) is 4. The molecule has 0 heterocycles. The molecule has 8 heteroatoms. The number of ether oxygens (including phenoxy) is 1. The first kappa shape index (κ1) is 17.4. The quantitative estimate of drug-likeness (QED) is 0.558. The fourth-order valence-corrected chi connectivity index (χ4v) is 3.04. The minimum atomic E-state index is -3.88. The second-order valence-corrected chi connectivity index (χ2v) is 7.67. The molecule has 0 bridgehead atoms. The van der Waals surface area contributed by atoms with E-state index in [4.69, 9.17) is 15.4 Å². The van der Waals surface area contributed by atoms with Crippen molar-refractivity contribution in [2.75, 3.05) is 27.3 Å². The molecule has 0 N–H and O–H groups in total. The van der Waals surface area contributed by atoms with Crippen LogP contribution in [0, 0.1) is 0 Å². The Morgan fingerprint density at radius 3 is 2.60 bits per heavy atom. The molecule has 20 heavy (non-hydrogen) atoms. The summed E-state index contributed by atoms with van der Waals surface area (Å²) in [4.78, 5) is 13.6. The second kappa shape index (κ2) is 7.40. The van der Waals surface area contributed by atoms with Crippen molar-refractivity contribution in [1.29, 1.82) is 0 Å². The molecule has 0 fully saturated rings. The fourth-order valence-electron chi connectivity index (χ4n) is 1.59. The molecule has 112 valence electrons. The van der Waals surface area contributed by atoms with Gasteiger partial charge in [-0.3, -0.25) is 4.79 Å². The van der Waals surface area contributed by atoms with E-state index in [2.05, 4.69) is 15.9 Å². The molecule has 1 aromatic rings. The molecule has 0 radical (unpaired) electrons. The van der Waals surface area contributed by atoms with Crippen LogP contribution in [0.2, 0.25) is 0 Å². The van der Waals surface area contributed by atoms with Crippen molar-refractivity contribution in [3.05, 3.63) is 28.2 Å². The number of nitrogens with zero attached hydrogens (tertiary/aromatic N) is 1. The summed E-state index contributed by atoms with van der Waals surface area (Å²) in [6.45, 7) is 1.07. The topological polar surface area (TPSA) is 63.7 Å². The highest BCUT2D eigenvalue weighted by Crippen LogP contribution is 2.23. The van der Waals surface area contributed by atoms with Crippen LogP contribution in [0.15, 0.2) is 27.6 Å². The summed E-state index contributed by atoms with van der Waals surface area (Å²) >= 11 is 3.17. The molecular weight excluding hydrogens is 370 g/mol. The lowest BCUT2D eigenvalue weighted by Crippen LogP contribution is -2.28. The monoisotopic (exact) mass is 383 g/mol. The van der Waals surface area contributed by atoms with Crippen molar-refractivity contribution in [1.82, 2.24) is 4.90 Å². The molecule has 0 aliphatic rings. The Hall–Kier alpha value is -0.630. The number of hydrogen-bond donors (Lipinski definition) is 0. The lowest BCUT2D eigenvalue weighted by Gasteiger charge is -2.17. The zero-order valence-electron chi connectivity index (χ0n) is 11.1. The number of amides is 1. The number of halogens is 2. The molecule has 0 aliphatic heterocycles. The predicted octanol–water partition coefficient (Wildman–Crippen LogP) is 2.49. The third-order valence-corrected chi connectivity index (χ3v) is 4.38. The van der Waals surface area contributed by atoms with E-state index in [0.717, 1.165) is 0 Å². The molecule has 1 amide bonds. The van der Waals surface area contributed by atoms with Gasteiger partial charge in [0.05, 0.1) is 4.90 Å². The zero-order chi connectivity index (χ0) is 15.3. The Balaban J connectivity index is 2.96. The van der Waals surface area contributed by atoms with Crippen molar-refractivity contribution in [3.8, 4) is 0 Å². The number of methoxy groups -OCH3 is 1. The van der Waals surface area contributed by atoms with Gasteiger partial charge in [-0.05, 0) is 24.6 Å². The lowest BCUT2D eigenvalue weighted by molar-refractivity contribution is 0.0779. The van der Waals surface area contributed by atoms with Crippen molar-refractivity contribution < 1.29 is 17.9 Å². The molecular formula is C12H15BrClNO4S. The van der Waals surface area contributed by atoms with E-state index in [0.29, 0.717) is 24.0 Å². The number of rotatable bonds is 6. The standard InChI is InChI=1S/C12H15BrClNO4S/c1-15(4-3-5-19-2)12(16)9-6-10(13)8-11(7-9)20(14,17)18/h6-8H,3-5H2,1-2H3. The van der Waals surface area contributed by atoms with Gasteiger partial charge in [0.15, 0.2) is 0 Å². The maximum atomic E-state index is 12.2. The summed E-state index contributed by atoms with van der Waals surface area (Å²) in [5.41, 5.74) is 0.263. The van der Waals surface area contributed by atoms with E-state index in [1.807, 2.05) is 0 Å². The van der Waals surface area contributed by atoms with Gasteiger partial charge in [0.1, 0.15) is 0 Å². The fraction of sp³-hybridized carbons (Fsp3) is 0.417. The van der Waals surface area contributed by atoms with E-state index in [-0.39, 0.29) is 16.4 Å². The Morgan fingerprint density at radius 1 is 1.40 bits per heavy atom. The summed E-state index contributed by atoms with van der Waals surface area (Å²) in [6.07, 6.45) is 0.702. The molecule has 0 aliphatic carbocycles. The summed E-state index contributed by atoms with van der Waals surface area (Å²) in [6, 6.07) is 4.17. The van der Waals surface area contributed by atoms with Crippen LogP contribution in [0.5, 0.6) is 0 Å². The van der Waals surface area contributed by atoms with Crippen molar-refractivity contribution in [2.45, 2.75) is 11.3 Å². The summed E-state index contributed by atoms with van der Waals surface area (Å²) in [7, 11) is 4.66. The Bertz CT molecular complexity index is 591. The molecule has 0 saturated carbocycles. The zero-order valence-corrected chi connectivity index (χ0v) is 14.3. The highest BCUT2D eigenvalue weighted by atomic mass is 79.9. The lowest BCUT2D eigenvalue weighted by atomic mass is 10.2. The maximum absolute atomic E-state index is 12.2. The average molecular weight is 385 g/mol. The van der Waals surface area contributed by atoms with Crippen LogP contribution in [-0.4, -0.2) is 46.5 Å². The minimum absolute atomic E-state index is 0.109. The van der Waals surface area contributed by atoms with Gasteiger partial charge in [0.2, 0.25) is 0 Å². The Kier molecular flexibility index (Phi) is 6.44. The smallest absolute Gasteiger partial charge is 0.261 e. The first-order valence-corrected chi connectivity index (χ1v) is 8.85. The van der Waals surface area contributed by atoms with Gasteiger partial charge in [-0.2, -0.15) is 0 Å². The summed E-state index contributed by atoms with van der Waals surface area (Å²) in [5.74, 6) is -0.274. The Morgan fingerprint density at radius 2 is 2.05 bits per heavy atom. The van der Waals surface area contributed by atoms with Crippen LogP contribution >= 0.6 is 26.6 Å². The van der Waals surface area contributed by atoms with Gasteiger partial charge in [0, 0.05) is 48.0 Å². The van der Waals surface area contributed by atoms with Crippen molar-refractivity contribution in [2.24, 2.45) is 0 Å². The van der Waals surface area contributed by atoms with Crippen LogP contribution in [0.25, 0.3) is 0 Å². The van der Waals surface area contributed by atoms with Gasteiger partial charge in [-0.25, -0.2) is 8.42 Å². The van der Waals surface area contributed by atoms with Crippen molar-refractivity contribution >= 4 is 41.6 Å². The van der Waals surface area contributed by atoms with Gasteiger partial charge in [-0.1, -0.05) is 15.9 Å². The second-order valence-electron chi connectivity index (χ2n) is 4.19. The van der Waals surface area contributed by atoms with Gasteiger partial charge >= 0.3 is 0 Å². The molecule has 0 atom stereocenters. The minimum Gasteiger partial charge on any atom is -0.385 e. The average Bonchev–Trinajstić information content (AvgIpc) is 2.36. The number of carbonyl (C=O) groups excluding carboxylic acids is 1. The SMILES string of the molecule is COCCCN(C)C(=O)c1cc(Br)cc(S(=O)(=O)Cl)c1. The maximum Gasteiger partial charge on any atom is 0.261 e. The molecule has 0 spiro atoms. The number of benzene rings is 1. The first-order valence-electron chi connectivity index (χ1n) is 5.75. The van der Waals surface area contributed by atoms with Crippen LogP contribution in [-0.2, 0) is 13.8 Å². The van der Waals surface area contributed by atoms with Gasteiger partial charge in [0.25, 0.3) is 15.0 Å². The van der Waals surface area contributed by atoms with Crippen molar-refractivity contribution in [3.63, 3.8) is 0 Å². The normalized spacial score (nSPS) is 11.4. The first-order chi connectivity index (χ1) is 9.25. The molecule has 5 nitrogen and oxygen atoms in total. The molecule has 0 aromatic heterocycles. The summed E-state index contributed by atoms with van der Waals surface area (Å²) in [5, 5.41) is 0. The van der Waals surface area contributed by atoms with E-state index in [9.17, 15) is 13.2 Å². The Labute approximate surface area is 131 Å². The van der Waals surface area contributed by atoms with E-state index in [1.165, 1.54) is 17.0 Å². The molecule has 0 unspecified atom stereocenters. The molecule has 0 saturated heterocycles. The van der Waals surface area contributed by atoms with Crippen LogP contribution in [0.3, 0.4) is 0 Å². The number of carbonyl (C=O) groups is 1. The van der Waals surface area contributed by atoms with Crippen LogP contribution in [0.4, 0.5) is 0 Å². The molecule has 1 aromatic carbocycles. The van der Waals surface area contributed by atoms with Crippen LogP contribution in [0.1, 0.15) is 16.8 Å². The van der Waals surface area contributed by atoms with Gasteiger partial charge < -0.3 is 9.64 Å². The van der Waals surface area contributed by atoms with E-state index < -0.39 is 9.05 Å². The third-order valence-electron chi connectivity index (χ3n) is 2.59.